The van der Waals surface area contributed by atoms with E-state index in [0.29, 0.717) is 17.8 Å². The van der Waals surface area contributed by atoms with Gasteiger partial charge in [0.05, 0.1) is 0 Å². The molecule has 0 spiro atoms. The van der Waals surface area contributed by atoms with Gasteiger partial charge in [0.25, 0.3) is 0 Å². The fraction of sp³-hybridized carbons (Fsp3) is 0.750. The van der Waals surface area contributed by atoms with E-state index in [2.05, 4.69) is 22.4 Å². The van der Waals surface area contributed by atoms with Gasteiger partial charge in [-0.15, -0.1) is 10.2 Å². The van der Waals surface area contributed by atoms with Crippen LogP contribution < -0.4 is 5.32 Å². The molecule has 2 unspecified atom stereocenters. The molecule has 0 amide bonds. The maximum atomic E-state index is 4.78. The first-order valence-corrected chi connectivity index (χ1v) is 7.57. The van der Waals surface area contributed by atoms with Crippen molar-refractivity contribution >= 4 is 16.3 Å². The largest absolute Gasteiger partial charge is 0.316 e. The Morgan fingerprint density at radius 1 is 1.28 bits per heavy atom. The summed E-state index contributed by atoms with van der Waals surface area (Å²) < 4.78 is 1.99. The molecule has 96 valence electrons. The van der Waals surface area contributed by atoms with E-state index in [1.165, 1.54) is 24.3 Å². The highest BCUT2D eigenvalue weighted by Gasteiger charge is 2.30. The quantitative estimate of drug-likeness (QED) is 0.897. The Bertz CT molecular complexity index is 570. The number of nitrogens with zero attached hydrogens (tertiary/aromatic N) is 4. The molecule has 5 nitrogen and oxygen atoms in total. The Hall–Kier alpha value is -1.01. The summed E-state index contributed by atoms with van der Waals surface area (Å²) in [6.07, 6.45) is 3.81. The van der Waals surface area contributed by atoms with Crippen molar-refractivity contribution in [1.82, 2.24) is 25.1 Å². The second kappa shape index (κ2) is 3.99. The second-order valence-corrected chi connectivity index (χ2v) is 6.55. The zero-order valence-corrected chi connectivity index (χ0v) is 11.3. The lowest BCUT2D eigenvalue weighted by molar-refractivity contribution is 0.394. The van der Waals surface area contributed by atoms with Gasteiger partial charge in [-0.3, -0.25) is 0 Å². The summed E-state index contributed by atoms with van der Waals surface area (Å²) in [6, 6.07) is 0. The highest BCUT2D eigenvalue weighted by Crippen LogP contribution is 2.37. The summed E-state index contributed by atoms with van der Waals surface area (Å²) in [4.78, 5) is 0.964. The van der Waals surface area contributed by atoms with E-state index in [1.54, 1.807) is 11.3 Å². The standard InChI is InChI=1S/C12H17N5S/c1-7-5-13-6-9(7)11-16-17-10(8-3-2-4-8)14-15-12(17)18-11/h7-9,13H,2-6H2,1H3. The molecule has 2 aromatic heterocycles. The van der Waals surface area contributed by atoms with Crippen LogP contribution in [0.15, 0.2) is 0 Å². The van der Waals surface area contributed by atoms with Crippen molar-refractivity contribution in [2.24, 2.45) is 5.92 Å². The molecular weight excluding hydrogens is 246 g/mol. The summed E-state index contributed by atoms with van der Waals surface area (Å²) in [7, 11) is 0. The minimum Gasteiger partial charge on any atom is -0.316 e. The first-order valence-electron chi connectivity index (χ1n) is 6.75. The van der Waals surface area contributed by atoms with Gasteiger partial charge in [0.2, 0.25) is 4.96 Å². The predicted octanol–water partition coefficient (Wildman–Crippen LogP) is 1.78. The molecular formula is C12H17N5S. The molecule has 4 rings (SSSR count). The van der Waals surface area contributed by atoms with Crippen molar-refractivity contribution < 1.29 is 0 Å². The van der Waals surface area contributed by atoms with Gasteiger partial charge >= 0.3 is 0 Å². The number of hydrogen-bond acceptors (Lipinski definition) is 5. The van der Waals surface area contributed by atoms with Gasteiger partial charge in [0.15, 0.2) is 5.82 Å². The Morgan fingerprint density at radius 2 is 2.17 bits per heavy atom. The highest BCUT2D eigenvalue weighted by molar-refractivity contribution is 7.16. The van der Waals surface area contributed by atoms with Crippen LogP contribution in [0, 0.1) is 5.92 Å². The number of rotatable bonds is 2. The average Bonchev–Trinajstić information content (AvgIpc) is 2.92. The Balaban J connectivity index is 1.72. The molecule has 1 saturated heterocycles. The molecule has 1 aliphatic heterocycles. The van der Waals surface area contributed by atoms with Gasteiger partial charge < -0.3 is 5.32 Å². The van der Waals surface area contributed by atoms with Crippen molar-refractivity contribution in [2.45, 2.75) is 38.0 Å². The summed E-state index contributed by atoms with van der Waals surface area (Å²) in [5, 5.41) is 18.0. The second-order valence-electron chi connectivity index (χ2n) is 5.56. The van der Waals surface area contributed by atoms with Crippen molar-refractivity contribution in [3.63, 3.8) is 0 Å². The lowest BCUT2D eigenvalue weighted by Gasteiger charge is -2.22. The summed E-state index contributed by atoms with van der Waals surface area (Å²) in [5.41, 5.74) is 0. The normalized spacial score (nSPS) is 28.9. The van der Waals surface area contributed by atoms with E-state index < -0.39 is 0 Å². The Morgan fingerprint density at radius 3 is 2.83 bits per heavy atom. The minimum absolute atomic E-state index is 0.547. The van der Waals surface area contributed by atoms with E-state index in [9.17, 15) is 0 Å². The minimum atomic E-state index is 0.547. The van der Waals surface area contributed by atoms with Crippen LogP contribution in [0.3, 0.4) is 0 Å². The van der Waals surface area contributed by atoms with Crippen LogP contribution in [-0.4, -0.2) is 32.9 Å². The van der Waals surface area contributed by atoms with E-state index in [4.69, 9.17) is 5.10 Å². The van der Waals surface area contributed by atoms with E-state index in [-0.39, 0.29) is 0 Å². The maximum Gasteiger partial charge on any atom is 0.234 e. The molecule has 0 radical (unpaired) electrons. The molecule has 18 heavy (non-hydrogen) atoms. The SMILES string of the molecule is CC1CNCC1c1nn2c(C3CCC3)nnc2s1. The lowest BCUT2D eigenvalue weighted by atomic mass is 9.85. The van der Waals surface area contributed by atoms with Gasteiger partial charge in [-0.1, -0.05) is 24.7 Å². The molecule has 1 saturated carbocycles. The number of hydrogen-bond donors (Lipinski definition) is 1. The van der Waals surface area contributed by atoms with Crippen molar-refractivity contribution in [2.75, 3.05) is 13.1 Å². The number of aromatic nitrogens is 4. The molecule has 2 atom stereocenters. The van der Waals surface area contributed by atoms with Crippen LogP contribution in [0.5, 0.6) is 0 Å². The van der Waals surface area contributed by atoms with E-state index in [1.807, 2.05) is 4.52 Å². The summed E-state index contributed by atoms with van der Waals surface area (Å²) in [6.45, 7) is 4.43. The predicted molar refractivity (Wildman–Crippen MR) is 70.0 cm³/mol. The van der Waals surface area contributed by atoms with E-state index in [0.717, 1.165) is 23.9 Å². The zero-order valence-electron chi connectivity index (χ0n) is 10.5. The molecule has 1 N–H and O–H groups in total. The Labute approximate surface area is 110 Å². The summed E-state index contributed by atoms with van der Waals surface area (Å²) in [5.74, 6) is 2.89. The first kappa shape index (κ1) is 10.9. The molecule has 2 fully saturated rings. The van der Waals surface area contributed by atoms with Crippen LogP contribution in [-0.2, 0) is 0 Å². The van der Waals surface area contributed by atoms with Crippen LogP contribution in [0.1, 0.15) is 48.9 Å². The number of fused-ring (bicyclic) bond motifs is 1. The van der Waals surface area contributed by atoms with Crippen LogP contribution in [0.2, 0.25) is 0 Å². The third-order valence-corrected chi connectivity index (χ3v) is 5.37. The molecule has 1 aliphatic carbocycles. The zero-order chi connectivity index (χ0) is 12.1. The first-order chi connectivity index (χ1) is 8.83. The number of nitrogens with one attached hydrogen (secondary N) is 1. The van der Waals surface area contributed by atoms with Gasteiger partial charge in [0, 0.05) is 18.4 Å². The van der Waals surface area contributed by atoms with Gasteiger partial charge in [0.1, 0.15) is 5.01 Å². The summed E-state index contributed by atoms with van der Waals surface area (Å²) >= 11 is 1.71. The van der Waals surface area contributed by atoms with Gasteiger partial charge in [-0.05, 0) is 25.3 Å². The topological polar surface area (TPSA) is 55.1 Å². The highest BCUT2D eigenvalue weighted by atomic mass is 32.1. The van der Waals surface area contributed by atoms with Crippen molar-refractivity contribution in [1.29, 1.82) is 0 Å². The van der Waals surface area contributed by atoms with E-state index >= 15 is 0 Å². The third kappa shape index (κ3) is 1.52. The lowest BCUT2D eigenvalue weighted by Crippen LogP contribution is -2.14. The third-order valence-electron chi connectivity index (χ3n) is 4.34. The monoisotopic (exact) mass is 263 g/mol. The Kier molecular flexibility index (Phi) is 2.41. The van der Waals surface area contributed by atoms with Crippen LogP contribution in [0.4, 0.5) is 0 Å². The van der Waals surface area contributed by atoms with Gasteiger partial charge in [-0.2, -0.15) is 9.61 Å². The fourth-order valence-corrected chi connectivity index (χ4v) is 3.94. The molecule has 0 bridgehead atoms. The molecule has 2 aromatic rings. The molecule has 0 aromatic carbocycles. The molecule has 6 heteroatoms. The molecule has 3 heterocycles. The average molecular weight is 263 g/mol. The molecule has 2 aliphatic rings. The van der Waals surface area contributed by atoms with Gasteiger partial charge in [-0.25, -0.2) is 0 Å². The fourth-order valence-electron chi connectivity index (χ4n) is 2.86. The van der Waals surface area contributed by atoms with Crippen molar-refractivity contribution in [3.05, 3.63) is 10.8 Å². The maximum absolute atomic E-state index is 4.78. The van der Waals surface area contributed by atoms with Crippen LogP contribution >= 0.6 is 11.3 Å². The van der Waals surface area contributed by atoms with Crippen molar-refractivity contribution in [3.8, 4) is 0 Å². The smallest absolute Gasteiger partial charge is 0.234 e. The van der Waals surface area contributed by atoms with Crippen LogP contribution in [0.25, 0.3) is 4.96 Å².